The molecular formula is C19H26O4P+. The van der Waals surface area contributed by atoms with E-state index < -0.39 is 14.0 Å². The van der Waals surface area contributed by atoms with E-state index in [1.54, 1.807) is 0 Å². The zero-order valence-electron chi connectivity index (χ0n) is 14.0. The van der Waals surface area contributed by atoms with E-state index in [4.69, 9.17) is 4.52 Å². The van der Waals surface area contributed by atoms with Crippen LogP contribution in [0.3, 0.4) is 0 Å². The van der Waals surface area contributed by atoms with Crippen molar-refractivity contribution in [2.24, 2.45) is 5.92 Å². The maximum Gasteiger partial charge on any atom is 0.513 e. The molecule has 0 heterocycles. The first-order valence-corrected chi connectivity index (χ1v) is 10.1. The van der Waals surface area contributed by atoms with E-state index in [9.17, 15) is 14.5 Å². The van der Waals surface area contributed by atoms with Gasteiger partial charge in [0, 0.05) is 0 Å². The van der Waals surface area contributed by atoms with E-state index >= 15 is 0 Å². The van der Waals surface area contributed by atoms with Crippen molar-refractivity contribution in [2.45, 2.75) is 44.9 Å². The van der Waals surface area contributed by atoms with Crippen LogP contribution in [0.4, 0.5) is 0 Å². The summed E-state index contributed by atoms with van der Waals surface area (Å²) in [4.78, 5) is 11.4. The predicted octanol–water partition coefficient (Wildman–Crippen LogP) is 4.97. The van der Waals surface area contributed by atoms with Gasteiger partial charge in [-0.3, -0.25) is 0 Å². The van der Waals surface area contributed by atoms with Crippen molar-refractivity contribution in [1.82, 2.24) is 0 Å². The van der Waals surface area contributed by atoms with Crippen LogP contribution in [0.15, 0.2) is 42.0 Å². The van der Waals surface area contributed by atoms with E-state index in [0.717, 1.165) is 38.5 Å². The van der Waals surface area contributed by atoms with Crippen molar-refractivity contribution in [2.75, 3.05) is 12.8 Å². The van der Waals surface area contributed by atoms with Gasteiger partial charge in [0.25, 0.3) is 0 Å². The molecule has 0 spiro atoms. The fourth-order valence-corrected chi connectivity index (χ4v) is 3.99. The Bertz CT molecular complexity index is 562. The summed E-state index contributed by atoms with van der Waals surface area (Å²) in [6.45, 7) is 0.389. The van der Waals surface area contributed by atoms with Crippen molar-refractivity contribution in [3.63, 3.8) is 0 Å². The number of hydrogen-bond acceptors (Lipinski definition) is 3. The highest BCUT2D eigenvalue weighted by molar-refractivity contribution is 7.39. The lowest BCUT2D eigenvalue weighted by atomic mass is 9.88. The van der Waals surface area contributed by atoms with Crippen LogP contribution in [0, 0.1) is 5.92 Å². The molecule has 1 saturated carbocycles. The number of allylic oxidation sites excluding steroid dienone is 1. The van der Waals surface area contributed by atoms with E-state index in [0.29, 0.717) is 12.5 Å². The summed E-state index contributed by atoms with van der Waals surface area (Å²) < 4.78 is 17.4. The normalized spacial score (nSPS) is 16.8. The number of benzene rings is 1. The molecule has 1 aromatic rings. The molecule has 1 aliphatic rings. The molecule has 0 radical (unpaired) electrons. The summed E-state index contributed by atoms with van der Waals surface area (Å²) in [7, 11) is -1.96. The average molecular weight is 349 g/mol. The van der Waals surface area contributed by atoms with Gasteiger partial charge in [0.2, 0.25) is 6.16 Å². The van der Waals surface area contributed by atoms with Gasteiger partial charge in [-0.2, -0.15) is 0 Å². The Morgan fingerprint density at radius 3 is 2.58 bits per heavy atom. The molecule has 0 aliphatic heterocycles. The average Bonchev–Trinajstić information content (AvgIpc) is 2.60. The molecule has 1 N–H and O–H groups in total. The first-order chi connectivity index (χ1) is 11.6. The Labute approximate surface area is 144 Å². The minimum Gasteiger partial charge on any atom is -0.478 e. The number of aliphatic carboxylic acids is 1. The second kappa shape index (κ2) is 10.4. The maximum absolute atomic E-state index is 12.0. The zero-order chi connectivity index (χ0) is 17.2. The molecule has 5 heteroatoms. The highest BCUT2D eigenvalue weighted by Crippen LogP contribution is 2.30. The molecular weight excluding hydrogens is 323 g/mol. The molecule has 1 fully saturated rings. The van der Waals surface area contributed by atoms with Crippen LogP contribution in [0.25, 0.3) is 0 Å². The minimum atomic E-state index is -1.96. The standard InChI is InChI=1S/C19H25O4P/c20-19(21)18(14-17-10-5-2-6-11-17)15-24(22)23-13-7-12-16-8-3-1-4-9-16/h1,3-4,8-9,14,17H,2,5-7,10-13,15H2/p+1. The van der Waals surface area contributed by atoms with Gasteiger partial charge >= 0.3 is 14.0 Å². The zero-order valence-corrected chi connectivity index (χ0v) is 14.9. The number of hydrogen-bond donors (Lipinski definition) is 1. The summed E-state index contributed by atoms with van der Waals surface area (Å²) in [5.41, 5.74) is 1.46. The van der Waals surface area contributed by atoms with Crippen molar-refractivity contribution >= 4 is 14.0 Å². The molecule has 1 aliphatic carbocycles. The summed E-state index contributed by atoms with van der Waals surface area (Å²) >= 11 is 0. The van der Waals surface area contributed by atoms with Gasteiger partial charge in [-0.05, 0) is 41.7 Å². The van der Waals surface area contributed by atoms with Crippen LogP contribution in [0.1, 0.15) is 44.1 Å². The molecule has 1 unspecified atom stereocenters. The quantitative estimate of drug-likeness (QED) is 0.388. The number of carboxylic acids is 1. The van der Waals surface area contributed by atoms with Crippen molar-refractivity contribution < 1.29 is 19.0 Å². The van der Waals surface area contributed by atoms with E-state index in [1.807, 2.05) is 24.3 Å². The van der Waals surface area contributed by atoms with Gasteiger partial charge in [0.15, 0.2) is 0 Å². The second-order valence-corrected chi connectivity index (χ2v) is 7.55. The Hall–Kier alpha value is -1.51. The molecule has 0 amide bonds. The topological polar surface area (TPSA) is 63.6 Å². The molecule has 0 bridgehead atoms. The lowest BCUT2D eigenvalue weighted by molar-refractivity contribution is -0.132. The van der Waals surface area contributed by atoms with E-state index in [-0.39, 0.29) is 11.7 Å². The molecule has 0 aromatic heterocycles. The fraction of sp³-hybridized carbons (Fsp3) is 0.526. The van der Waals surface area contributed by atoms with Crippen molar-refractivity contribution in [3.8, 4) is 0 Å². The molecule has 2 rings (SSSR count). The van der Waals surface area contributed by atoms with E-state index in [1.165, 1.54) is 12.0 Å². The van der Waals surface area contributed by atoms with Crippen molar-refractivity contribution in [1.29, 1.82) is 0 Å². The maximum atomic E-state index is 12.0. The number of aryl methyl sites for hydroxylation is 1. The summed E-state index contributed by atoms with van der Waals surface area (Å²) in [6.07, 6.45) is 9.05. The number of carboxylic acid groups (broad SMARTS) is 1. The largest absolute Gasteiger partial charge is 0.513 e. The first kappa shape index (κ1) is 18.8. The van der Waals surface area contributed by atoms with Crippen LogP contribution in [0.5, 0.6) is 0 Å². The summed E-state index contributed by atoms with van der Waals surface area (Å²) in [6, 6.07) is 10.1. The van der Waals surface area contributed by atoms with Crippen molar-refractivity contribution in [3.05, 3.63) is 47.5 Å². The van der Waals surface area contributed by atoms with E-state index in [2.05, 4.69) is 12.1 Å². The fourth-order valence-electron chi connectivity index (χ4n) is 3.05. The third kappa shape index (κ3) is 6.94. The monoisotopic (exact) mass is 349 g/mol. The van der Waals surface area contributed by atoms with Crippen LogP contribution in [-0.4, -0.2) is 23.8 Å². The lowest BCUT2D eigenvalue weighted by Gasteiger charge is -2.18. The molecule has 24 heavy (non-hydrogen) atoms. The number of carbonyl (C=O) groups is 1. The van der Waals surface area contributed by atoms with Gasteiger partial charge in [-0.15, -0.1) is 4.52 Å². The Morgan fingerprint density at radius 1 is 1.21 bits per heavy atom. The molecule has 130 valence electrons. The van der Waals surface area contributed by atoms with Crippen LogP contribution < -0.4 is 0 Å². The molecule has 1 atom stereocenters. The molecule has 1 aromatic carbocycles. The van der Waals surface area contributed by atoms with Gasteiger partial charge in [0.05, 0.1) is 5.57 Å². The second-order valence-electron chi connectivity index (χ2n) is 6.31. The third-order valence-corrected chi connectivity index (χ3v) is 5.42. The Morgan fingerprint density at radius 2 is 1.92 bits per heavy atom. The van der Waals surface area contributed by atoms with Gasteiger partial charge < -0.3 is 5.11 Å². The Balaban J connectivity index is 1.74. The molecule has 0 saturated heterocycles. The molecule has 4 nitrogen and oxygen atoms in total. The highest BCUT2D eigenvalue weighted by atomic mass is 31.1. The SMILES string of the molecule is O=C(O)C(=CC1CCCCC1)C[P+](=O)OCCCc1ccccc1. The lowest BCUT2D eigenvalue weighted by Crippen LogP contribution is -2.10. The minimum absolute atomic E-state index is 0.00645. The summed E-state index contributed by atoms with van der Waals surface area (Å²) in [5.74, 6) is -0.664. The van der Waals surface area contributed by atoms with Crippen LogP contribution in [0.2, 0.25) is 0 Å². The third-order valence-electron chi connectivity index (χ3n) is 4.35. The van der Waals surface area contributed by atoms with Gasteiger partial charge in [-0.1, -0.05) is 55.7 Å². The number of rotatable bonds is 9. The van der Waals surface area contributed by atoms with Gasteiger partial charge in [-0.25, -0.2) is 4.79 Å². The van der Waals surface area contributed by atoms with Crippen LogP contribution in [-0.2, 0) is 20.3 Å². The smallest absolute Gasteiger partial charge is 0.478 e. The highest BCUT2D eigenvalue weighted by Gasteiger charge is 2.25. The predicted molar refractivity (Wildman–Crippen MR) is 95.5 cm³/mol. The first-order valence-electron chi connectivity index (χ1n) is 8.70. The summed E-state index contributed by atoms with van der Waals surface area (Å²) in [5, 5.41) is 9.32. The Kier molecular flexibility index (Phi) is 8.14. The van der Waals surface area contributed by atoms with Crippen LogP contribution >= 0.6 is 8.03 Å². The van der Waals surface area contributed by atoms with Gasteiger partial charge in [0.1, 0.15) is 6.61 Å².